The molecule has 2 aromatic rings. The minimum absolute atomic E-state index is 0.181. The van der Waals surface area contributed by atoms with Crippen LogP contribution >= 0.6 is 0 Å². The van der Waals surface area contributed by atoms with Crippen LogP contribution in [0, 0.1) is 5.82 Å². The van der Waals surface area contributed by atoms with Crippen molar-refractivity contribution in [1.82, 2.24) is 4.57 Å². The molecule has 80 valence electrons. The van der Waals surface area contributed by atoms with Crippen LogP contribution in [0.2, 0.25) is 0 Å². The highest BCUT2D eigenvalue weighted by molar-refractivity contribution is 5.54. The summed E-state index contributed by atoms with van der Waals surface area (Å²) in [4.78, 5) is 0. The van der Waals surface area contributed by atoms with Crippen LogP contribution in [-0.4, -0.2) is 4.57 Å². The second-order valence-electron chi connectivity index (χ2n) is 4.16. The Kier molecular flexibility index (Phi) is 2.13. The lowest BCUT2D eigenvalue weighted by Gasteiger charge is -1.98. The van der Waals surface area contributed by atoms with Crippen LogP contribution in [0.25, 0.3) is 6.08 Å². The minimum Gasteiger partial charge on any atom is -0.347 e. The van der Waals surface area contributed by atoms with E-state index in [1.54, 1.807) is 0 Å². The second-order valence-corrected chi connectivity index (χ2v) is 4.16. The molecular formula is C14H12FN. The number of benzene rings is 1. The van der Waals surface area contributed by atoms with Gasteiger partial charge in [0.1, 0.15) is 5.82 Å². The number of rotatable bonds is 1. The van der Waals surface area contributed by atoms with Crippen molar-refractivity contribution in [3.05, 3.63) is 65.2 Å². The molecule has 1 aliphatic heterocycles. The summed E-state index contributed by atoms with van der Waals surface area (Å²) < 4.78 is 15.0. The quantitative estimate of drug-likeness (QED) is 0.685. The van der Waals surface area contributed by atoms with Gasteiger partial charge in [-0.1, -0.05) is 18.2 Å². The molecule has 0 saturated carbocycles. The first-order valence-electron chi connectivity index (χ1n) is 5.40. The first kappa shape index (κ1) is 9.40. The zero-order chi connectivity index (χ0) is 11.0. The fraction of sp³-hybridized carbons (Fsp3) is 0.143. The van der Waals surface area contributed by atoms with E-state index in [1.807, 2.05) is 12.1 Å². The Balaban J connectivity index is 1.85. The van der Waals surface area contributed by atoms with Crippen molar-refractivity contribution in [2.75, 3.05) is 0 Å². The molecule has 0 atom stereocenters. The third-order valence-electron chi connectivity index (χ3n) is 2.95. The van der Waals surface area contributed by atoms with Crippen LogP contribution in [0.3, 0.4) is 0 Å². The Morgan fingerprint density at radius 1 is 1.12 bits per heavy atom. The van der Waals surface area contributed by atoms with E-state index in [1.165, 1.54) is 23.4 Å². The molecular weight excluding hydrogens is 201 g/mol. The lowest BCUT2D eigenvalue weighted by Crippen LogP contribution is -1.89. The maximum atomic E-state index is 12.7. The van der Waals surface area contributed by atoms with E-state index in [4.69, 9.17) is 0 Å². The standard InChI is InChI=1S/C14H12FN/c15-13-5-3-11(4-6-13)8-12-9-14-2-1-7-16(14)10-12/h1-8H,9-10H2/b12-8+. The Labute approximate surface area is 93.8 Å². The molecule has 0 saturated heterocycles. The molecule has 1 aliphatic rings. The van der Waals surface area contributed by atoms with Gasteiger partial charge in [-0.3, -0.25) is 0 Å². The first-order chi connectivity index (χ1) is 7.81. The summed E-state index contributed by atoms with van der Waals surface area (Å²) in [5, 5.41) is 0. The van der Waals surface area contributed by atoms with Gasteiger partial charge in [0, 0.05) is 24.9 Å². The van der Waals surface area contributed by atoms with Crippen molar-refractivity contribution >= 4 is 6.08 Å². The summed E-state index contributed by atoms with van der Waals surface area (Å²) >= 11 is 0. The molecule has 1 nitrogen and oxygen atoms in total. The zero-order valence-corrected chi connectivity index (χ0v) is 8.86. The third-order valence-corrected chi connectivity index (χ3v) is 2.95. The van der Waals surface area contributed by atoms with Crippen molar-refractivity contribution in [2.45, 2.75) is 13.0 Å². The number of aromatic nitrogens is 1. The van der Waals surface area contributed by atoms with E-state index >= 15 is 0 Å². The van der Waals surface area contributed by atoms with E-state index in [0.717, 1.165) is 18.5 Å². The average Bonchev–Trinajstić information content (AvgIpc) is 2.81. The lowest BCUT2D eigenvalue weighted by atomic mass is 10.1. The molecule has 0 spiro atoms. The number of hydrogen-bond acceptors (Lipinski definition) is 0. The van der Waals surface area contributed by atoms with Crippen molar-refractivity contribution in [1.29, 1.82) is 0 Å². The largest absolute Gasteiger partial charge is 0.347 e. The summed E-state index contributed by atoms with van der Waals surface area (Å²) in [5.41, 5.74) is 3.80. The monoisotopic (exact) mass is 213 g/mol. The molecule has 2 heteroatoms. The van der Waals surface area contributed by atoms with Crippen LogP contribution in [0.4, 0.5) is 4.39 Å². The predicted octanol–water partition coefficient (Wildman–Crippen LogP) is 3.27. The van der Waals surface area contributed by atoms with Gasteiger partial charge in [0.15, 0.2) is 0 Å². The van der Waals surface area contributed by atoms with E-state index in [-0.39, 0.29) is 5.82 Å². The van der Waals surface area contributed by atoms with Gasteiger partial charge in [-0.05, 0) is 35.4 Å². The zero-order valence-electron chi connectivity index (χ0n) is 8.86. The van der Waals surface area contributed by atoms with Crippen LogP contribution in [-0.2, 0) is 13.0 Å². The summed E-state index contributed by atoms with van der Waals surface area (Å²) in [5.74, 6) is -0.181. The number of hydrogen-bond donors (Lipinski definition) is 0. The highest BCUT2D eigenvalue weighted by Crippen LogP contribution is 2.22. The van der Waals surface area contributed by atoms with Gasteiger partial charge in [-0.2, -0.15) is 0 Å². The molecule has 16 heavy (non-hydrogen) atoms. The minimum atomic E-state index is -0.181. The van der Waals surface area contributed by atoms with Gasteiger partial charge in [-0.25, -0.2) is 4.39 Å². The van der Waals surface area contributed by atoms with Gasteiger partial charge in [0.2, 0.25) is 0 Å². The van der Waals surface area contributed by atoms with E-state index in [9.17, 15) is 4.39 Å². The topological polar surface area (TPSA) is 4.93 Å². The molecule has 2 heterocycles. The number of halogens is 1. The average molecular weight is 213 g/mol. The highest BCUT2D eigenvalue weighted by atomic mass is 19.1. The predicted molar refractivity (Wildman–Crippen MR) is 62.5 cm³/mol. The van der Waals surface area contributed by atoms with Gasteiger partial charge in [0.25, 0.3) is 0 Å². The van der Waals surface area contributed by atoms with E-state index in [0.29, 0.717) is 0 Å². The van der Waals surface area contributed by atoms with Gasteiger partial charge in [-0.15, -0.1) is 0 Å². The molecule has 0 unspecified atom stereocenters. The molecule has 1 aromatic heterocycles. The number of fused-ring (bicyclic) bond motifs is 1. The van der Waals surface area contributed by atoms with E-state index < -0.39 is 0 Å². The van der Waals surface area contributed by atoms with Crippen molar-refractivity contribution in [3.63, 3.8) is 0 Å². The van der Waals surface area contributed by atoms with Crippen molar-refractivity contribution in [3.8, 4) is 0 Å². The summed E-state index contributed by atoms with van der Waals surface area (Å²) in [6.45, 7) is 0.958. The molecule has 0 N–H and O–H groups in total. The Morgan fingerprint density at radius 2 is 1.94 bits per heavy atom. The third kappa shape index (κ3) is 1.67. The normalized spacial score (nSPS) is 16.7. The van der Waals surface area contributed by atoms with Gasteiger partial charge in [0.05, 0.1) is 0 Å². The highest BCUT2D eigenvalue weighted by Gasteiger charge is 2.13. The molecule has 0 radical (unpaired) electrons. The maximum Gasteiger partial charge on any atom is 0.123 e. The first-order valence-corrected chi connectivity index (χ1v) is 5.40. The van der Waals surface area contributed by atoms with E-state index in [2.05, 4.69) is 29.0 Å². The number of allylic oxidation sites excluding steroid dienone is 1. The molecule has 0 fully saturated rings. The summed E-state index contributed by atoms with van der Waals surface area (Å²) in [7, 11) is 0. The SMILES string of the molecule is Fc1ccc(/C=C2\Cc3cccn3C2)cc1. The fourth-order valence-electron chi connectivity index (χ4n) is 2.16. The second kappa shape index (κ2) is 3.63. The Bertz CT molecular complexity index is 512. The molecule has 3 rings (SSSR count). The van der Waals surface area contributed by atoms with Crippen LogP contribution in [0.1, 0.15) is 11.3 Å². The molecule has 0 aliphatic carbocycles. The summed E-state index contributed by atoms with van der Waals surface area (Å²) in [6, 6.07) is 10.9. The van der Waals surface area contributed by atoms with Crippen LogP contribution in [0.5, 0.6) is 0 Å². The smallest absolute Gasteiger partial charge is 0.123 e. The molecule has 0 bridgehead atoms. The van der Waals surface area contributed by atoms with Crippen LogP contribution < -0.4 is 0 Å². The maximum absolute atomic E-state index is 12.7. The van der Waals surface area contributed by atoms with Gasteiger partial charge >= 0.3 is 0 Å². The molecule has 0 amide bonds. The molecule has 1 aromatic carbocycles. The lowest BCUT2D eigenvalue weighted by molar-refractivity contribution is 0.627. The van der Waals surface area contributed by atoms with Crippen LogP contribution in [0.15, 0.2) is 48.2 Å². The number of nitrogens with zero attached hydrogens (tertiary/aromatic N) is 1. The van der Waals surface area contributed by atoms with Crippen molar-refractivity contribution in [2.24, 2.45) is 0 Å². The fourth-order valence-corrected chi connectivity index (χ4v) is 2.16. The van der Waals surface area contributed by atoms with Gasteiger partial charge < -0.3 is 4.57 Å². The Morgan fingerprint density at radius 3 is 2.69 bits per heavy atom. The summed E-state index contributed by atoms with van der Waals surface area (Å²) in [6.07, 6.45) is 5.25. The Hall–Kier alpha value is -1.83. The van der Waals surface area contributed by atoms with Crippen molar-refractivity contribution < 1.29 is 4.39 Å².